The quantitative estimate of drug-likeness (QED) is 0.0565. The summed E-state index contributed by atoms with van der Waals surface area (Å²) in [6, 6.07) is 3.78. The van der Waals surface area contributed by atoms with Crippen molar-refractivity contribution in [3.63, 3.8) is 0 Å². The summed E-state index contributed by atoms with van der Waals surface area (Å²) in [5, 5.41) is 37.0. The normalized spacial score (nSPS) is 12.6. The van der Waals surface area contributed by atoms with Crippen LogP contribution in [-0.2, 0) is 39.9 Å². The van der Waals surface area contributed by atoms with E-state index in [9.17, 15) is 39.0 Å². The standard InChI is InChI=1S/C29H41N5O10S/c1-29(2,16-44-24(38)6-4-20(30)28(42)43)26(40)27(41)33-10-8-22(36)32-11-12-45-25(39)14-23(37)31-9-7-17-15-34-21-5-3-18(35)13-19(17)21/h3,5,13,15,20,26,34-35,40H,4,6-12,14,16,30H2,1-2H3,(H,31,37)(H,32,36)(H,33,41)(H,42,43)/t20-,26-/m0/s1. The summed E-state index contributed by atoms with van der Waals surface area (Å²) < 4.78 is 5.04. The number of thioether (sulfide) groups is 1. The molecule has 0 radical (unpaired) electrons. The van der Waals surface area contributed by atoms with E-state index in [0.29, 0.717) is 13.0 Å². The molecular weight excluding hydrogens is 610 g/mol. The molecule has 9 N–H and O–H groups in total. The van der Waals surface area contributed by atoms with Gasteiger partial charge in [-0.25, -0.2) is 0 Å². The third-order valence-electron chi connectivity index (χ3n) is 6.68. The first-order valence-corrected chi connectivity index (χ1v) is 15.3. The second-order valence-electron chi connectivity index (χ2n) is 11.0. The highest BCUT2D eigenvalue weighted by Crippen LogP contribution is 2.23. The summed E-state index contributed by atoms with van der Waals surface area (Å²) in [5.74, 6) is -3.14. The number of aromatic nitrogens is 1. The molecular formula is C29H41N5O10S. The fourth-order valence-electron chi connectivity index (χ4n) is 3.96. The number of fused-ring (bicyclic) bond motifs is 1. The van der Waals surface area contributed by atoms with Crippen LogP contribution in [-0.4, -0.2) is 99.2 Å². The van der Waals surface area contributed by atoms with Gasteiger partial charge in [0.05, 0.1) is 13.0 Å². The van der Waals surface area contributed by atoms with E-state index in [1.165, 1.54) is 13.8 Å². The molecule has 45 heavy (non-hydrogen) atoms. The number of phenols is 1. The fraction of sp³-hybridized carbons (Fsp3) is 0.517. The van der Waals surface area contributed by atoms with Crippen molar-refractivity contribution in [2.45, 2.75) is 58.1 Å². The molecule has 1 aromatic carbocycles. The number of esters is 1. The van der Waals surface area contributed by atoms with Gasteiger partial charge in [0, 0.05) is 60.7 Å². The summed E-state index contributed by atoms with van der Waals surface area (Å²) in [6.07, 6.45) is 0.0162. The molecule has 1 heterocycles. The number of nitrogens with two attached hydrogens (primary N) is 1. The number of carboxylic acids is 1. The number of H-pyrrole nitrogens is 1. The first kappa shape index (κ1) is 37.0. The van der Waals surface area contributed by atoms with Gasteiger partial charge in [-0.3, -0.25) is 28.8 Å². The lowest BCUT2D eigenvalue weighted by molar-refractivity contribution is -0.153. The number of nitrogens with one attached hydrogen (secondary N) is 4. The van der Waals surface area contributed by atoms with E-state index >= 15 is 0 Å². The molecule has 0 aliphatic rings. The number of hydrogen-bond acceptors (Lipinski definition) is 11. The van der Waals surface area contributed by atoms with Crippen molar-refractivity contribution in [2.24, 2.45) is 11.1 Å². The summed E-state index contributed by atoms with van der Waals surface area (Å²) in [7, 11) is 0. The van der Waals surface area contributed by atoms with E-state index < -0.39 is 47.2 Å². The number of aliphatic hydroxyl groups is 1. The number of rotatable bonds is 19. The molecule has 2 rings (SSSR count). The number of phenolic OH excluding ortho intramolecular Hbond substituents is 1. The van der Waals surface area contributed by atoms with Crippen molar-refractivity contribution < 1.29 is 48.8 Å². The maximum atomic E-state index is 12.3. The number of aliphatic hydroxyl groups excluding tert-OH is 1. The highest BCUT2D eigenvalue weighted by molar-refractivity contribution is 8.13. The lowest BCUT2D eigenvalue weighted by Crippen LogP contribution is -2.47. The van der Waals surface area contributed by atoms with Crippen LogP contribution in [0.25, 0.3) is 10.9 Å². The fourth-order valence-corrected chi connectivity index (χ4v) is 4.63. The summed E-state index contributed by atoms with van der Waals surface area (Å²) >= 11 is 0.911. The molecule has 0 bridgehead atoms. The largest absolute Gasteiger partial charge is 0.508 e. The Morgan fingerprint density at radius 3 is 2.44 bits per heavy atom. The van der Waals surface area contributed by atoms with Crippen LogP contribution < -0.4 is 21.7 Å². The zero-order chi connectivity index (χ0) is 33.6. The molecule has 2 aromatic rings. The highest BCUT2D eigenvalue weighted by Gasteiger charge is 2.35. The van der Waals surface area contributed by atoms with Crippen LogP contribution >= 0.6 is 11.8 Å². The number of benzene rings is 1. The molecule has 0 aliphatic heterocycles. The van der Waals surface area contributed by atoms with E-state index in [0.717, 1.165) is 28.2 Å². The highest BCUT2D eigenvalue weighted by atomic mass is 32.2. The van der Waals surface area contributed by atoms with Crippen molar-refractivity contribution >= 4 is 57.4 Å². The molecule has 0 aliphatic carbocycles. The molecule has 0 saturated carbocycles. The Morgan fingerprint density at radius 1 is 1.02 bits per heavy atom. The Balaban J connectivity index is 1.55. The first-order valence-electron chi connectivity index (χ1n) is 14.3. The van der Waals surface area contributed by atoms with Gasteiger partial charge in [-0.15, -0.1) is 0 Å². The predicted molar refractivity (Wildman–Crippen MR) is 165 cm³/mol. The van der Waals surface area contributed by atoms with Crippen LogP contribution in [0.3, 0.4) is 0 Å². The van der Waals surface area contributed by atoms with Gasteiger partial charge >= 0.3 is 11.9 Å². The second kappa shape index (κ2) is 18.0. The van der Waals surface area contributed by atoms with Crippen LogP contribution in [0.4, 0.5) is 0 Å². The van der Waals surface area contributed by atoms with Crippen LogP contribution in [0.1, 0.15) is 45.1 Å². The van der Waals surface area contributed by atoms with Crippen molar-refractivity contribution in [1.82, 2.24) is 20.9 Å². The average molecular weight is 652 g/mol. The first-order chi connectivity index (χ1) is 21.2. The van der Waals surface area contributed by atoms with Gasteiger partial charge in [0.2, 0.25) is 17.7 Å². The van der Waals surface area contributed by atoms with Gasteiger partial charge in [-0.2, -0.15) is 0 Å². The molecule has 0 saturated heterocycles. The Labute approximate surface area is 264 Å². The number of carboxylic acid groups (broad SMARTS) is 1. The number of aliphatic carboxylic acids is 1. The monoisotopic (exact) mass is 651 g/mol. The van der Waals surface area contributed by atoms with Crippen molar-refractivity contribution in [3.8, 4) is 5.75 Å². The number of hydrogen-bond donors (Lipinski definition) is 8. The van der Waals surface area contributed by atoms with E-state index in [-0.39, 0.29) is 62.0 Å². The zero-order valence-electron chi connectivity index (χ0n) is 25.2. The maximum absolute atomic E-state index is 12.3. The number of aromatic hydroxyl groups is 1. The zero-order valence-corrected chi connectivity index (χ0v) is 26.0. The minimum Gasteiger partial charge on any atom is -0.508 e. The molecule has 2 atom stereocenters. The third-order valence-corrected chi connectivity index (χ3v) is 7.56. The van der Waals surface area contributed by atoms with Crippen LogP contribution in [0.2, 0.25) is 0 Å². The van der Waals surface area contributed by atoms with Crippen LogP contribution in [0, 0.1) is 5.41 Å². The molecule has 248 valence electrons. The van der Waals surface area contributed by atoms with E-state index in [1.807, 2.05) is 0 Å². The van der Waals surface area contributed by atoms with Crippen molar-refractivity contribution in [1.29, 1.82) is 0 Å². The number of ether oxygens (including phenoxy) is 1. The minimum atomic E-state index is -1.56. The number of carbonyl (C=O) groups is 6. The van der Waals surface area contributed by atoms with E-state index in [2.05, 4.69) is 20.9 Å². The topological polar surface area (TPSA) is 250 Å². The van der Waals surface area contributed by atoms with Crippen LogP contribution in [0.5, 0.6) is 5.75 Å². The minimum absolute atomic E-state index is 0.0728. The van der Waals surface area contributed by atoms with Gasteiger partial charge in [0.25, 0.3) is 0 Å². The molecule has 15 nitrogen and oxygen atoms in total. The van der Waals surface area contributed by atoms with E-state index in [4.69, 9.17) is 15.6 Å². The van der Waals surface area contributed by atoms with Gasteiger partial charge in [-0.1, -0.05) is 25.6 Å². The Hall–Kier alpha value is -4.15. The predicted octanol–water partition coefficient (Wildman–Crippen LogP) is -0.0730. The molecule has 3 amide bonds. The lowest BCUT2D eigenvalue weighted by Gasteiger charge is -2.29. The van der Waals surface area contributed by atoms with Crippen molar-refractivity contribution in [3.05, 3.63) is 30.0 Å². The Morgan fingerprint density at radius 2 is 1.73 bits per heavy atom. The van der Waals surface area contributed by atoms with Gasteiger partial charge in [-0.05, 0) is 36.6 Å². The summed E-state index contributed by atoms with van der Waals surface area (Å²) in [6.45, 7) is 3.10. The molecule has 0 unspecified atom stereocenters. The Kier molecular flexibility index (Phi) is 14.8. The van der Waals surface area contributed by atoms with Gasteiger partial charge in [0.15, 0.2) is 5.12 Å². The molecule has 0 fully saturated rings. The van der Waals surface area contributed by atoms with Crippen molar-refractivity contribution in [2.75, 3.05) is 32.0 Å². The number of amides is 3. The molecule has 16 heteroatoms. The molecule has 1 aromatic heterocycles. The van der Waals surface area contributed by atoms with Crippen LogP contribution in [0.15, 0.2) is 24.4 Å². The second-order valence-corrected chi connectivity index (χ2v) is 12.1. The van der Waals surface area contributed by atoms with Gasteiger partial charge in [0.1, 0.15) is 17.9 Å². The lowest BCUT2D eigenvalue weighted by atomic mass is 9.87. The number of aromatic amines is 1. The summed E-state index contributed by atoms with van der Waals surface area (Å²) in [5.41, 5.74) is 5.97. The van der Waals surface area contributed by atoms with E-state index in [1.54, 1.807) is 24.4 Å². The maximum Gasteiger partial charge on any atom is 0.320 e. The smallest absolute Gasteiger partial charge is 0.320 e. The third kappa shape index (κ3) is 13.2. The Bertz CT molecular complexity index is 1360. The average Bonchev–Trinajstić information content (AvgIpc) is 3.38. The number of carbonyl (C=O) groups excluding carboxylic acids is 5. The van der Waals surface area contributed by atoms with Gasteiger partial charge < -0.3 is 46.7 Å². The molecule has 0 spiro atoms. The SMILES string of the molecule is CC(C)(COC(=O)CC[C@H](N)C(=O)O)[C@@H](O)C(=O)NCCC(=O)NCCSC(=O)CC(=O)NCCc1c[nH]c2ccc(O)cc12. The summed E-state index contributed by atoms with van der Waals surface area (Å²) in [4.78, 5) is 74.2.